The highest BCUT2D eigenvalue weighted by atomic mass is 35.5. The zero-order valence-electron chi connectivity index (χ0n) is 17.3. The van der Waals surface area contributed by atoms with Gasteiger partial charge in [-0.05, 0) is 56.3 Å². The predicted octanol–water partition coefficient (Wildman–Crippen LogP) is 6.02. The molecule has 0 aliphatic heterocycles. The number of hydrogen-bond acceptors (Lipinski definition) is 3. The van der Waals surface area contributed by atoms with E-state index in [0.717, 1.165) is 38.5 Å². The molecule has 4 heteroatoms. The van der Waals surface area contributed by atoms with Crippen LogP contribution < -0.4 is 0 Å². The standard InChI is InChI=1S/C23H39ClO3/c1-3-23(15-10-16-23)14-9-8-12-19-18(20(24)17-21(19)25)11-6-4-5-7-13-22(26)27-2/h8,12,18-21,25H,3-7,9-11,13-17H2,1-2H3/b12-8+/t18-,19-,20-,21-/m1/s1. The Bertz CT molecular complexity index is 467. The van der Waals surface area contributed by atoms with Gasteiger partial charge in [-0.1, -0.05) is 51.2 Å². The Kier molecular flexibility index (Phi) is 9.65. The van der Waals surface area contributed by atoms with Gasteiger partial charge >= 0.3 is 5.97 Å². The summed E-state index contributed by atoms with van der Waals surface area (Å²) in [5.41, 5.74) is 0.608. The molecular weight excluding hydrogens is 360 g/mol. The molecule has 0 aromatic rings. The summed E-state index contributed by atoms with van der Waals surface area (Å²) in [5, 5.41) is 10.5. The maximum absolute atomic E-state index is 11.1. The minimum Gasteiger partial charge on any atom is -0.469 e. The van der Waals surface area contributed by atoms with Crippen LogP contribution in [-0.4, -0.2) is 29.7 Å². The van der Waals surface area contributed by atoms with Crippen molar-refractivity contribution in [2.24, 2.45) is 17.3 Å². The molecule has 0 saturated heterocycles. The first-order chi connectivity index (χ1) is 13.0. The van der Waals surface area contributed by atoms with E-state index in [2.05, 4.69) is 23.8 Å². The molecule has 2 rings (SSSR count). The van der Waals surface area contributed by atoms with Crippen LogP contribution in [-0.2, 0) is 9.53 Å². The van der Waals surface area contributed by atoms with Gasteiger partial charge in [0.05, 0.1) is 13.2 Å². The highest BCUT2D eigenvalue weighted by Crippen LogP contribution is 2.47. The van der Waals surface area contributed by atoms with Crippen molar-refractivity contribution >= 4 is 17.6 Å². The van der Waals surface area contributed by atoms with E-state index in [0.29, 0.717) is 24.2 Å². The number of esters is 1. The molecular formula is C23H39ClO3. The molecule has 1 N–H and O–H groups in total. The second-order valence-corrected chi connectivity index (χ2v) is 9.32. The number of alkyl halides is 1. The Hall–Kier alpha value is -0.540. The molecule has 3 nitrogen and oxygen atoms in total. The monoisotopic (exact) mass is 398 g/mol. The van der Waals surface area contributed by atoms with Gasteiger partial charge in [-0.25, -0.2) is 0 Å². The topological polar surface area (TPSA) is 46.5 Å². The second kappa shape index (κ2) is 11.5. The number of carbonyl (C=O) groups excluding carboxylic acids is 1. The molecule has 4 atom stereocenters. The second-order valence-electron chi connectivity index (χ2n) is 8.76. The fraction of sp³-hybridized carbons (Fsp3) is 0.870. The number of rotatable bonds is 12. The van der Waals surface area contributed by atoms with Gasteiger partial charge < -0.3 is 9.84 Å². The molecule has 2 aliphatic carbocycles. The molecule has 0 bridgehead atoms. The molecule has 2 aliphatic rings. The third-order valence-corrected chi connectivity index (χ3v) is 7.63. The number of allylic oxidation sites excluding steroid dienone is 1. The normalized spacial score (nSPS) is 29.8. The Morgan fingerprint density at radius 2 is 2.00 bits per heavy atom. The van der Waals surface area contributed by atoms with Gasteiger partial charge in [-0.15, -0.1) is 11.6 Å². The lowest BCUT2D eigenvalue weighted by Crippen LogP contribution is -2.28. The van der Waals surface area contributed by atoms with Gasteiger partial charge in [0, 0.05) is 17.7 Å². The third kappa shape index (κ3) is 6.78. The van der Waals surface area contributed by atoms with Crippen molar-refractivity contribution < 1.29 is 14.6 Å². The molecule has 0 aromatic carbocycles. The van der Waals surface area contributed by atoms with E-state index >= 15 is 0 Å². The molecule has 27 heavy (non-hydrogen) atoms. The number of ether oxygens (including phenoxy) is 1. The smallest absolute Gasteiger partial charge is 0.305 e. The fourth-order valence-corrected chi connectivity index (χ4v) is 5.41. The Balaban J connectivity index is 1.70. The molecule has 0 amide bonds. The maximum atomic E-state index is 11.1. The lowest BCUT2D eigenvalue weighted by atomic mass is 9.64. The van der Waals surface area contributed by atoms with Crippen LogP contribution in [0.1, 0.15) is 90.4 Å². The van der Waals surface area contributed by atoms with E-state index in [9.17, 15) is 9.90 Å². The van der Waals surface area contributed by atoms with E-state index < -0.39 is 0 Å². The van der Waals surface area contributed by atoms with Crippen molar-refractivity contribution in [1.82, 2.24) is 0 Å². The molecule has 0 radical (unpaired) electrons. The first kappa shape index (κ1) is 22.7. The van der Waals surface area contributed by atoms with Gasteiger partial charge in [0.2, 0.25) is 0 Å². The molecule has 0 unspecified atom stereocenters. The summed E-state index contributed by atoms with van der Waals surface area (Å²) in [5.74, 6) is 0.468. The number of halogens is 1. The van der Waals surface area contributed by atoms with Crippen molar-refractivity contribution in [3.8, 4) is 0 Å². The van der Waals surface area contributed by atoms with E-state index in [1.807, 2.05) is 0 Å². The lowest BCUT2D eigenvalue weighted by molar-refractivity contribution is -0.140. The van der Waals surface area contributed by atoms with E-state index in [1.165, 1.54) is 39.2 Å². The highest BCUT2D eigenvalue weighted by molar-refractivity contribution is 6.21. The summed E-state index contributed by atoms with van der Waals surface area (Å²) >= 11 is 6.55. The van der Waals surface area contributed by atoms with Crippen molar-refractivity contribution in [3.05, 3.63) is 12.2 Å². The van der Waals surface area contributed by atoms with Crippen LogP contribution in [0.15, 0.2) is 12.2 Å². The van der Waals surface area contributed by atoms with Crippen LogP contribution in [0.4, 0.5) is 0 Å². The number of aliphatic hydroxyl groups is 1. The summed E-state index contributed by atoms with van der Waals surface area (Å²) < 4.78 is 4.67. The minimum atomic E-state index is -0.295. The molecule has 2 saturated carbocycles. The average Bonchev–Trinajstić information content (AvgIpc) is 2.89. The maximum Gasteiger partial charge on any atom is 0.305 e. The van der Waals surface area contributed by atoms with Crippen LogP contribution in [0.25, 0.3) is 0 Å². The Labute approximate surface area is 170 Å². The van der Waals surface area contributed by atoms with E-state index in [1.54, 1.807) is 0 Å². The van der Waals surface area contributed by atoms with E-state index in [-0.39, 0.29) is 23.4 Å². The van der Waals surface area contributed by atoms with E-state index in [4.69, 9.17) is 11.6 Å². The van der Waals surface area contributed by atoms with Gasteiger partial charge in [0.15, 0.2) is 0 Å². The minimum absolute atomic E-state index is 0.0818. The molecule has 156 valence electrons. The zero-order valence-corrected chi connectivity index (χ0v) is 18.1. The SMILES string of the molecule is CCC1(CC/C=C/[C@@H]2[C@@H](CCCCCCC(=O)OC)[C@H](Cl)C[C@H]2O)CCC1. The van der Waals surface area contributed by atoms with Crippen LogP contribution in [0.5, 0.6) is 0 Å². The average molecular weight is 399 g/mol. The highest BCUT2D eigenvalue weighted by Gasteiger charge is 2.39. The number of aliphatic hydroxyl groups excluding tert-OH is 1. The summed E-state index contributed by atoms with van der Waals surface area (Å²) in [4.78, 5) is 11.1. The van der Waals surface area contributed by atoms with Gasteiger partial charge in [-0.2, -0.15) is 0 Å². The zero-order chi connectivity index (χ0) is 19.7. The van der Waals surface area contributed by atoms with Crippen LogP contribution in [0, 0.1) is 17.3 Å². The van der Waals surface area contributed by atoms with Crippen molar-refractivity contribution in [2.75, 3.05) is 7.11 Å². The van der Waals surface area contributed by atoms with Crippen molar-refractivity contribution in [3.63, 3.8) is 0 Å². The third-order valence-electron chi connectivity index (χ3n) is 7.13. The van der Waals surface area contributed by atoms with Crippen molar-refractivity contribution in [2.45, 2.75) is 102 Å². The Morgan fingerprint density at radius 3 is 2.63 bits per heavy atom. The molecule has 0 aromatic heterocycles. The van der Waals surface area contributed by atoms with Crippen LogP contribution in [0.3, 0.4) is 0 Å². The van der Waals surface area contributed by atoms with Crippen LogP contribution >= 0.6 is 11.6 Å². The predicted molar refractivity (Wildman–Crippen MR) is 112 cm³/mol. The van der Waals surface area contributed by atoms with Crippen LogP contribution in [0.2, 0.25) is 0 Å². The van der Waals surface area contributed by atoms with Gasteiger partial charge in [0.1, 0.15) is 0 Å². The lowest BCUT2D eigenvalue weighted by Gasteiger charge is -2.41. The summed E-state index contributed by atoms with van der Waals surface area (Å²) in [6.45, 7) is 2.32. The van der Waals surface area contributed by atoms with Gasteiger partial charge in [-0.3, -0.25) is 4.79 Å². The first-order valence-electron chi connectivity index (χ1n) is 11.1. The number of methoxy groups -OCH3 is 1. The summed E-state index contributed by atoms with van der Waals surface area (Å²) in [6, 6.07) is 0. The number of unbranched alkanes of at least 4 members (excludes halogenated alkanes) is 3. The number of hydrogen-bond donors (Lipinski definition) is 1. The van der Waals surface area contributed by atoms with Crippen molar-refractivity contribution in [1.29, 1.82) is 0 Å². The summed E-state index contributed by atoms with van der Waals surface area (Å²) in [7, 11) is 1.44. The quantitative estimate of drug-likeness (QED) is 0.189. The van der Waals surface area contributed by atoms with Gasteiger partial charge in [0.25, 0.3) is 0 Å². The molecule has 2 fully saturated rings. The molecule has 0 heterocycles. The number of carbonyl (C=O) groups is 1. The fourth-order valence-electron chi connectivity index (χ4n) is 4.94. The molecule has 0 spiro atoms. The first-order valence-corrected chi connectivity index (χ1v) is 11.5. The largest absolute Gasteiger partial charge is 0.469 e. The Morgan fingerprint density at radius 1 is 1.26 bits per heavy atom. The summed E-state index contributed by atoms with van der Waals surface area (Å²) in [6.07, 6.45) is 18.7.